The first kappa shape index (κ1) is 29.4. The molecule has 0 fully saturated rings. The van der Waals surface area contributed by atoms with Gasteiger partial charge in [-0.3, -0.25) is 9.59 Å². The number of hydrogen-bond donors (Lipinski definition) is 2. The van der Waals surface area contributed by atoms with Crippen molar-refractivity contribution in [2.75, 3.05) is 39.6 Å². The zero-order valence-corrected chi connectivity index (χ0v) is 21.4. The van der Waals surface area contributed by atoms with Gasteiger partial charge in [-0.2, -0.15) is 0 Å². The molecule has 3 aromatic rings. The molecule has 0 radical (unpaired) electrons. The van der Waals surface area contributed by atoms with Gasteiger partial charge in [0.1, 0.15) is 19.0 Å². The lowest BCUT2D eigenvalue weighted by atomic mass is 10.0. The predicted molar refractivity (Wildman–Crippen MR) is 140 cm³/mol. The number of aliphatic hydroxyl groups excluding tert-OH is 2. The van der Waals surface area contributed by atoms with E-state index in [1.165, 1.54) is 6.92 Å². The molecular formula is C29H34O8. The summed E-state index contributed by atoms with van der Waals surface area (Å²) in [5.41, 5.74) is 1.75. The van der Waals surface area contributed by atoms with Gasteiger partial charge in [0.2, 0.25) is 5.75 Å². The molecule has 198 valence electrons. The van der Waals surface area contributed by atoms with E-state index in [1.54, 1.807) is 48.5 Å². The lowest BCUT2D eigenvalue weighted by Gasteiger charge is -2.17. The maximum Gasteiger partial charge on any atom is 0.204 e. The summed E-state index contributed by atoms with van der Waals surface area (Å²) in [6.45, 7) is 6.29. The highest BCUT2D eigenvalue weighted by atomic mass is 16.5. The molecule has 3 rings (SSSR count). The molecule has 2 N–H and O–H groups in total. The van der Waals surface area contributed by atoms with Crippen molar-refractivity contribution in [2.24, 2.45) is 0 Å². The van der Waals surface area contributed by atoms with E-state index in [0.29, 0.717) is 52.9 Å². The van der Waals surface area contributed by atoms with E-state index < -0.39 is 0 Å². The lowest BCUT2D eigenvalue weighted by molar-refractivity contribution is 0.101. The molecule has 0 amide bonds. The predicted octanol–water partition coefficient (Wildman–Crippen LogP) is 4.35. The highest BCUT2D eigenvalue weighted by Gasteiger charge is 2.19. The van der Waals surface area contributed by atoms with E-state index in [0.717, 1.165) is 0 Å². The molecule has 0 spiro atoms. The number of rotatable bonds is 13. The Kier molecular flexibility index (Phi) is 12.7. The monoisotopic (exact) mass is 510 g/mol. The number of Topliss-reactive ketones (excluding diaryl/α,β-unsaturated/α-hetero) is 1. The molecule has 0 bridgehead atoms. The first-order valence-corrected chi connectivity index (χ1v) is 12.1. The van der Waals surface area contributed by atoms with Gasteiger partial charge in [-0.15, -0.1) is 0 Å². The third kappa shape index (κ3) is 8.93. The Labute approximate surface area is 217 Å². The van der Waals surface area contributed by atoms with Crippen LogP contribution in [0.5, 0.6) is 23.0 Å². The van der Waals surface area contributed by atoms with Crippen LogP contribution >= 0.6 is 0 Å². The number of ether oxygens (including phenoxy) is 4. The van der Waals surface area contributed by atoms with Crippen molar-refractivity contribution in [1.82, 2.24) is 0 Å². The highest BCUT2D eigenvalue weighted by molar-refractivity contribution is 6.09. The Hall–Kier alpha value is -3.88. The fourth-order valence-corrected chi connectivity index (χ4v) is 3.28. The van der Waals surface area contributed by atoms with Crippen LogP contribution in [0.1, 0.15) is 47.1 Å². The molecule has 0 aliphatic carbocycles. The summed E-state index contributed by atoms with van der Waals surface area (Å²) in [4.78, 5) is 23.7. The van der Waals surface area contributed by atoms with Crippen LogP contribution in [0.25, 0.3) is 0 Å². The van der Waals surface area contributed by atoms with Crippen molar-refractivity contribution < 1.29 is 38.7 Å². The van der Waals surface area contributed by atoms with Crippen LogP contribution in [0, 0.1) is 0 Å². The Morgan fingerprint density at radius 3 is 1.81 bits per heavy atom. The van der Waals surface area contributed by atoms with E-state index in [-0.39, 0.29) is 38.0 Å². The minimum absolute atomic E-state index is 0.00990. The van der Waals surface area contributed by atoms with Crippen molar-refractivity contribution in [3.05, 3.63) is 83.4 Å². The highest BCUT2D eigenvalue weighted by Crippen LogP contribution is 2.40. The van der Waals surface area contributed by atoms with Gasteiger partial charge >= 0.3 is 0 Å². The normalized spacial score (nSPS) is 10.1. The number of benzene rings is 3. The molecular weight excluding hydrogens is 476 g/mol. The molecule has 0 saturated carbocycles. The molecule has 0 aliphatic rings. The number of hydrogen-bond acceptors (Lipinski definition) is 8. The number of carbonyl (C=O) groups excluding carboxylic acids is 2. The largest absolute Gasteiger partial charge is 0.491 e. The molecule has 0 heterocycles. The van der Waals surface area contributed by atoms with E-state index in [9.17, 15) is 9.59 Å². The molecule has 37 heavy (non-hydrogen) atoms. The minimum Gasteiger partial charge on any atom is -0.491 e. The van der Waals surface area contributed by atoms with Gasteiger partial charge in [-0.25, -0.2) is 0 Å². The number of carbonyl (C=O) groups is 2. The van der Waals surface area contributed by atoms with Crippen molar-refractivity contribution in [2.45, 2.75) is 20.8 Å². The average molecular weight is 511 g/mol. The topological polar surface area (TPSA) is 112 Å². The van der Waals surface area contributed by atoms with Crippen LogP contribution < -0.4 is 18.9 Å². The van der Waals surface area contributed by atoms with Gasteiger partial charge in [0.25, 0.3) is 0 Å². The fraction of sp³-hybridized carbons (Fsp3) is 0.310. The van der Waals surface area contributed by atoms with Crippen LogP contribution in [0.15, 0.2) is 66.7 Å². The molecule has 0 aliphatic heterocycles. The Morgan fingerprint density at radius 1 is 0.676 bits per heavy atom. The molecule has 0 atom stereocenters. The quantitative estimate of drug-likeness (QED) is 0.327. The van der Waals surface area contributed by atoms with Crippen molar-refractivity contribution in [3.8, 4) is 23.0 Å². The molecule has 8 nitrogen and oxygen atoms in total. The molecule has 3 aromatic carbocycles. The van der Waals surface area contributed by atoms with Gasteiger partial charge in [0.05, 0.1) is 32.0 Å². The van der Waals surface area contributed by atoms with Gasteiger partial charge < -0.3 is 29.2 Å². The first-order chi connectivity index (χ1) is 18.0. The number of aliphatic hydroxyl groups is 2. The Balaban J connectivity index is 0.000000260. The van der Waals surface area contributed by atoms with Crippen LogP contribution in [-0.4, -0.2) is 61.4 Å². The number of ketones is 2. The van der Waals surface area contributed by atoms with Gasteiger partial charge in [-0.1, -0.05) is 30.3 Å². The van der Waals surface area contributed by atoms with Gasteiger partial charge in [-0.05, 0) is 57.2 Å². The summed E-state index contributed by atoms with van der Waals surface area (Å²) < 4.78 is 21.7. The summed E-state index contributed by atoms with van der Waals surface area (Å²) in [6.07, 6.45) is 0. The standard InChI is InChI=1S/C15H14O3.C14H20O5/c16-10-11-18-14-8-6-13(7-9-14)15(17)12-4-2-1-3-5-12;1-4-17-13-11(10(3)16)6-7-12(19-9-8-15)14(13)18-5-2/h1-9,16H,10-11H2;6-7,15H,4-5,8-9H2,1-3H3. The molecule has 8 heteroatoms. The second-order valence-electron chi connectivity index (χ2n) is 7.56. The minimum atomic E-state index is -0.0990. The second-order valence-corrected chi connectivity index (χ2v) is 7.56. The van der Waals surface area contributed by atoms with Crippen molar-refractivity contribution in [1.29, 1.82) is 0 Å². The summed E-state index contributed by atoms with van der Waals surface area (Å²) in [7, 11) is 0. The average Bonchev–Trinajstić information content (AvgIpc) is 2.92. The Bertz CT molecular complexity index is 1110. The maximum atomic E-state index is 12.1. The zero-order chi connectivity index (χ0) is 27.0. The van der Waals surface area contributed by atoms with Gasteiger partial charge in [0, 0.05) is 11.1 Å². The van der Waals surface area contributed by atoms with Crippen LogP contribution in [0.2, 0.25) is 0 Å². The molecule has 0 unspecified atom stereocenters. The first-order valence-electron chi connectivity index (χ1n) is 12.1. The van der Waals surface area contributed by atoms with E-state index in [4.69, 9.17) is 29.2 Å². The van der Waals surface area contributed by atoms with Crippen LogP contribution in [0.4, 0.5) is 0 Å². The van der Waals surface area contributed by atoms with Crippen LogP contribution in [-0.2, 0) is 0 Å². The zero-order valence-electron chi connectivity index (χ0n) is 21.4. The fourth-order valence-electron chi connectivity index (χ4n) is 3.28. The third-order valence-electron chi connectivity index (χ3n) is 4.89. The van der Waals surface area contributed by atoms with Gasteiger partial charge in [0.15, 0.2) is 23.1 Å². The lowest BCUT2D eigenvalue weighted by Crippen LogP contribution is -2.08. The summed E-state index contributed by atoms with van der Waals surface area (Å²) in [5.74, 6) is 1.80. The smallest absolute Gasteiger partial charge is 0.204 e. The van der Waals surface area contributed by atoms with Crippen LogP contribution in [0.3, 0.4) is 0 Å². The SMILES string of the molecule is CCOc1c(OCCO)ccc(C(C)=O)c1OCC.O=C(c1ccccc1)c1ccc(OCCO)cc1. The molecule has 0 saturated heterocycles. The summed E-state index contributed by atoms with van der Waals surface area (Å²) in [6, 6.07) is 19.3. The van der Waals surface area contributed by atoms with Crippen molar-refractivity contribution >= 4 is 11.6 Å². The third-order valence-corrected chi connectivity index (χ3v) is 4.89. The summed E-state index contributed by atoms with van der Waals surface area (Å²) in [5, 5.41) is 17.5. The van der Waals surface area contributed by atoms with E-state index in [1.807, 2.05) is 32.0 Å². The maximum absolute atomic E-state index is 12.1. The van der Waals surface area contributed by atoms with E-state index >= 15 is 0 Å². The second kappa shape index (κ2) is 16.0. The van der Waals surface area contributed by atoms with Crippen molar-refractivity contribution in [3.63, 3.8) is 0 Å². The Morgan fingerprint density at radius 2 is 1.24 bits per heavy atom. The van der Waals surface area contributed by atoms with E-state index in [2.05, 4.69) is 0 Å². The summed E-state index contributed by atoms with van der Waals surface area (Å²) >= 11 is 0. The molecule has 0 aromatic heterocycles.